The molecule has 4 nitrogen and oxygen atoms in total. The van der Waals surface area contributed by atoms with Crippen molar-refractivity contribution < 1.29 is 13.9 Å². The molecule has 0 bridgehead atoms. The van der Waals surface area contributed by atoms with Crippen molar-refractivity contribution in [1.82, 2.24) is 4.90 Å². The molecule has 0 saturated carbocycles. The van der Waals surface area contributed by atoms with Crippen LogP contribution in [0.25, 0.3) is 0 Å². The van der Waals surface area contributed by atoms with E-state index in [0.717, 1.165) is 45.1 Å². The largest absolute Gasteiger partial charge is 0.454 e. The number of hydrogen-bond acceptors (Lipinski definition) is 4. The summed E-state index contributed by atoms with van der Waals surface area (Å²) in [5, 5.41) is 0. The number of rotatable bonds is 4. The molecule has 1 aromatic heterocycles. The van der Waals surface area contributed by atoms with E-state index in [4.69, 9.17) is 13.9 Å². The third-order valence-corrected chi connectivity index (χ3v) is 4.20. The zero-order valence-electron chi connectivity index (χ0n) is 10.9. The van der Waals surface area contributed by atoms with Crippen LogP contribution in [-0.2, 0) is 13.1 Å². The first-order valence-electron chi connectivity index (χ1n) is 6.12. The van der Waals surface area contributed by atoms with Gasteiger partial charge in [0, 0.05) is 11.0 Å². The van der Waals surface area contributed by atoms with Crippen LogP contribution in [0.3, 0.4) is 0 Å². The van der Waals surface area contributed by atoms with E-state index in [1.807, 2.05) is 31.3 Å². The Morgan fingerprint density at radius 2 is 1.85 bits per heavy atom. The van der Waals surface area contributed by atoms with E-state index in [0.29, 0.717) is 6.79 Å². The summed E-state index contributed by atoms with van der Waals surface area (Å²) in [4.78, 5) is 2.17. The highest BCUT2D eigenvalue weighted by atomic mass is 79.9. The highest BCUT2D eigenvalue weighted by Crippen LogP contribution is 2.37. The monoisotopic (exact) mass is 401 g/mol. The van der Waals surface area contributed by atoms with Crippen molar-refractivity contribution in [3.63, 3.8) is 0 Å². The third-order valence-electron chi connectivity index (χ3n) is 3.04. The Bertz CT molecular complexity index is 627. The van der Waals surface area contributed by atoms with Gasteiger partial charge in [-0.05, 0) is 52.8 Å². The zero-order valence-corrected chi connectivity index (χ0v) is 14.0. The van der Waals surface area contributed by atoms with Crippen LogP contribution < -0.4 is 9.47 Å². The molecule has 2 aromatic rings. The van der Waals surface area contributed by atoms with Gasteiger partial charge in [0.2, 0.25) is 6.79 Å². The number of fused-ring (bicyclic) bond motifs is 1. The molecular weight excluding hydrogens is 390 g/mol. The number of nitrogens with zero attached hydrogens (tertiary/aromatic N) is 1. The van der Waals surface area contributed by atoms with Crippen molar-refractivity contribution in [3.8, 4) is 11.5 Å². The van der Waals surface area contributed by atoms with Crippen LogP contribution in [0.4, 0.5) is 0 Å². The zero-order chi connectivity index (χ0) is 14.1. The summed E-state index contributed by atoms with van der Waals surface area (Å²) in [5.74, 6) is 2.52. The highest BCUT2D eigenvalue weighted by molar-refractivity contribution is 9.10. The minimum absolute atomic E-state index is 0.293. The molecule has 0 amide bonds. The standard InChI is InChI=1S/C14H13Br2NO3/c1-17(7-10-2-3-14(16)20-10)6-9-4-12-13(5-11(9)15)19-8-18-12/h2-5H,6-8H2,1H3. The van der Waals surface area contributed by atoms with E-state index in [1.165, 1.54) is 0 Å². The molecule has 0 saturated heterocycles. The molecule has 1 aliphatic heterocycles. The first-order chi connectivity index (χ1) is 9.61. The summed E-state index contributed by atoms with van der Waals surface area (Å²) in [6.07, 6.45) is 0. The fourth-order valence-corrected chi connectivity index (χ4v) is 2.92. The van der Waals surface area contributed by atoms with Crippen LogP contribution in [0.2, 0.25) is 0 Å². The van der Waals surface area contributed by atoms with Crippen molar-refractivity contribution in [3.05, 3.63) is 44.7 Å². The summed E-state index contributed by atoms with van der Waals surface area (Å²) in [7, 11) is 2.05. The maximum atomic E-state index is 5.51. The summed E-state index contributed by atoms with van der Waals surface area (Å²) in [6.45, 7) is 1.82. The van der Waals surface area contributed by atoms with Crippen LogP contribution in [0.15, 0.2) is 37.8 Å². The van der Waals surface area contributed by atoms with Crippen LogP contribution >= 0.6 is 31.9 Å². The van der Waals surface area contributed by atoms with Crippen LogP contribution in [0.5, 0.6) is 11.5 Å². The maximum Gasteiger partial charge on any atom is 0.231 e. The van der Waals surface area contributed by atoms with E-state index in [2.05, 4.69) is 36.8 Å². The molecule has 0 fully saturated rings. The molecule has 0 radical (unpaired) electrons. The molecule has 106 valence electrons. The molecule has 0 aliphatic carbocycles. The van der Waals surface area contributed by atoms with Gasteiger partial charge in [-0.15, -0.1) is 0 Å². The summed E-state index contributed by atoms with van der Waals surface area (Å²) < 4.78 is 18.1. The fourth-order valence-electron chi connectivity index (χ4n) is 2.13. The van der Waals surface area contributed by atoms with Gasteiger partial charge in [0.05, 0.1) is 6.54 Å². The van der Waals surface area contributed by atoms with E-state index >= 15 is 0 Å². The van der Waals surface area contributed by atoms with Crippen LogP contribution in [-0.4, -0.2) is 18.7 Å². The van der Waals surface area contributed by atoms with Crippen molar-refractivity contribution in [2.45, 2.75) is 13.1 Å². The lowest BCUT2D eigenvalue weighted by Crippen LogP contribution is -2.17. The molecule has 2 heterocycles. The molecule has 3 rings (SSSR count). The smallest absolute Gasteiger partial charge is 0.231 e. The Morgan fingerprint density at radius 3 is 2.55 bits per heavy atom. The summed E-state index contributed by atoms with van der Waals surface area (Å²) in [5.41, 5.74) is 1.15. The number of ether oxygens (including phenoxy) is 2. The number of furan rings is 1. The lowest BCUT2D eigenvalue weighted by atomic mass is 10.2. The SMILES string of the molecule is CN(Cc1ccc(Br)o1)Cc1cc2c(cc1Br)OCO2. The van der Waals surface area contributed by atoms with Gasteiger partial charge in [-0.3, -0.25) is 4.90 Å². The second-order valence-electron chi connectivity index (χ2n) is 4.67. The number of halogens is 2. The molecule has 6 heteroatoms. The van der Waals surface area contributed by atoms with E-state index in [-0.39, 0.29) is 0 Å². The molecule has 0 spiro atoms. The molecule has 1 aromatic carbocycles. The highest BCUT2D eigenvalue weighted by Gasteiger charge is 2.17. The summed E-state index contributed by atoms with van der Waals surface area (Å²) in [6, 6.07) is 7.84. The number of hydrogen-bond donors (Lipinski definition) is 0. The third kappa shape index (κ3) is 3.02. The van der Waals surface area contributed by atoms with Gasteiger partial charge in [0.25, 0.3) is 0 Å². The van der Waals surface area contributed by atoms with Gasteiger partial charge in [-0.25, -0.2) is 0 Å². The fraction of sp³-hybridized carbons (Fsp3) is 0.286. The van der Waals surface area contributed by atoms with E-state index in [1.54, 1.807) is 0 Å². The lowest BCUT2D eigenvalue weighted by Gasteiger charge is -2.16. The Balaban J connectivity index is 1.71. The van der Waals surface area contributed by atoms with Gasteiger partial charge in [-0.1, -0.05) is 15.9 Å². The molecule has 20 heavy (non-hydrogen) atoms. The van der Waals surface area contributed by atoms with Crippen LogP contribution in [0.1, 0.15) is 11.3 Å². The predicted molar refractivity (Wildman–Crippen MR) is 81.8 cm³/mol. The summed E-state index contributed by atoms with van der Waals surface area (Å²) >= 11 is 6.89. The average molecular weight is 403 g/mol. The Kier molecular flexibility index (Phi) is 4.05. The molecule has 0 unspecified atom stereocenters. The first kappa shape index (κ1) is 14.0. The second-order valence-corrected chi connectivity index (χ2v) is 6.31. The van der Waals surface area contributed by atoms with Gasteiger partial charge in [-0.2, -0.15) is 0 Å². The quantitative estimate of drug-likeness (QED) is 0.768. The minimum Gasteiger partial charge on any atom is -0.454 e. The topological polar surface area (TPSA) is 34.8 Å². The Labute approximate surface area is 133 Å². The van der Waals surface area contributed by atoms with Crippen molar-refractivity contribution >= 4 is 31.9 Å². The molecule has 0 atom stereocenters. The van der Waals surface area contributed by atoms with E-state index < -0.39 is 0 Å². The van der Waals surface area contributed by atoms with Gasteiger partial charge in [0.15, 0.2) is 16.2 Å². The van der Waals surface area contributed by atoms with Gasteiger partial charge < -0.3 is 13.9 Å². The van der Waals surface area contributed by atoms with Crippen LogP contribution in [0, 0.1) is 0 Å². The molecule has 0 N–H and O–H groups in total. The van der Waals surface area contributed by atoms with Gasteiger partial charge >= 0.3 is 0 Å². The predicted octanol–water partition coefficient (Wildman–Crippen LogP) is 4.17. The Hall–Kier alpha value is -0.980. The normalized spacial score (nSPS) is 13.2. The van der Waals surface area contributed by atoms with Gasteiger partial charge in [0.1, 0.15) is 5.76 Å². The molecule has 1 aliphatic rings. The van der Waals surface area contributed by atoms with Crippen molar-refractivity contribution in [2.24, 2.45) is 0 Å². The second kappa shape index (κ2) is 5.79. The Morgan fingerprint density at radius 1 is 1.10 bits per heavy atom. The maximum absolute atomic E-state index is 5.51. The first-order valence-corrected chi connectivity index (χ1v) is 7.71. The lowest BCUT2D eigenvalue weighted by molar-refractivity contribution is 0.174. The van der Waals surface area contributed by atoms with Crippen molar-refractivity contribution in [2.75, 3.05) is 13.8 Å². The molecular formula is C14H13Br2NO3. The van der Waals surface area contributed by atoms with E-state index in [9.17, 15) is 0 Å². The van der Waals surface area contributed by atoms with Crippen molar-refractivity contribution in [1.29, 1.82) is 0 Å². The minimum atomic E-state index is 0.293. The average Bonchev–Trinajstić information content (AvgIpc) is 2.98. The number of benzene rings is 1.